The van der Waals surface area contributed by atoms with E-state index >= 15 is 0 Å². The van der Waals surface area contributed by atoms with Gasteiger partial charge in [0.2, 0.25) is 5.89 Å². The Balaban J connectivity index is 2.47. The molecule has 1 atom stereocenters. The number of alkyl carbamates (subject to hydrolysis) is 1. The van der Waals surface area contributed by atoms with Gasteiger partial charge in [-0.05, 0) is 34.1 Å². The van der Waals surface area contributed by atoms with Gasteiger partial charge in [0.25, 0.3) is 5.22 Å². The van der Waals surface area contributed by atoms with Crippen LogP contribution in [0.25, 0.3) is 0 Å². The lowest BCUT2D eigenvalue weighted by atomic mass is 10.2. The summed E-state index contributed by atoms with van der Waals surface area (Å²) in [5, 5.41) is 11.1. The van der Waals surface area contributed by atoms with Gasteiger partial charge < -0.3 is 14.5 Å². The van der Waals surface area contributed by atoms with Crippen molar-refractivity contribution in [3.8, 4) is 0 Å². The standard InChI is InChI=1S/C13H23N3O3S/c1-6-7-8-20-12-16-15-10(18-12)9(2)14-11(17)19-13(3,4)5/h9H,6-8H2,1-5H3,(H,14,17)/t9-/m1/s1. The molecule has 0 aliphatic rings. The molecule has 0 aliphatic heterocycles. The lowest BCUT2D eigenvalue weighted by Gasteiger charge is -2.20. The molecule has 0 aromatic carbocycles. The molecular weight excluding hydrogens is 278 g/mol. The Labute approximate surface area is 124 Å². The second-order valence-electron chi connectivity index (χ2n) is 5.48. The Hall–Kier alpha value is -1.24. The fourth-order valence-electron chi connectivity index (χ4n) is 1.30. The summed E-state index contributed by atoms with van der Waals surface area (Å²) in [6.45, 7) is 9.34. The van der Waals surface area contributed by atoms with Crippen LogP contribution in [-0.2, 0) is 4.74 Å². The zero-order valence-corrected chi connectivity index (χ0v) is 13.5. The molecule has 0 unspecified atom stereocenters. The molecule has 0 saturated heterocycles. The number of hydrogen-bond acceptors (Lipinski definition) is 6. The number of unbranched alkanes of at least 4 members (excludes halogenated alkanes) is 1. The van der Waals surface area contributed by atoms with E-state index in [0.717, 1.165) is 18.6 Å². The molecule has 1 N–H and O–H groups in total. The van der Waals surface area contributed by atoms with Gasteiger partial charge in [-0.2, -0.15) is 0 Å². The summed E-state index contributed by atoms with van der Waals surface area (Å²) >= 11 is 1.53. The summed E-state index contributed by atoms with van der Waals surface area (Å²) in [4.78, 5) is 11.6. The lowest BCUT2D eigenvalue weighted by Crippen LogP contribution is -2.34. The summed E-state index contributed by atoms with van der Waals surface area (Å²) < 4.78 is 10.7. The number of rotatable bonds is 6. The maximum atomic E-state index is 11.6. The third kappa shape index (κ3) is 6.27. The summed E-state index contributed by atoms with van der Waals surface area (Å²) in [6, 6.07) is -0.377. The minimum atomic E-state index is -0.528. The van der Waals surface area contributed by atoms with Crippen LogP contribution in [0.4, 0.5) is 4.79 Å². The van der Waals surface area contributed by atoms with Crippen LogP contribution in [0.2, 0.25) is 0 Å². The molecule has 114 valence electrons. The molecule has 0 spiro atoms. The maximum Gasteiger partial charge on any atom is 0.408 e. The Morgan fingerprint density at radius 1 is 1.45 bits per heavy atom. The van der Waals surface area contributed by atoms with Gasteiger partial charge in [0.05, 0.1) is 0 Å². The minimum Gasteiger partial charge on any atom is -0.444 e. The molecule has 0 aliphatic carbocycles. The number of aromatic nitrogens is 2. The smallest absolute Gasteiger partial charge is 0.408 e. The van der Waals surface area contributed by atoms with Crippen molar-refractivity contribution in [3.63, 3.8) is 0 Å². The quantitative estimate of drug-likeness (QED) is 0.639. The van der Waals surface area contributed by atoms with Crippen LogP contribution in [0.15, 0.2) is 9.64 Å². The normalized spacial score (nSPS) is 13.1. The number of hydrogen-bond donors (Lipinski definition) is 1. The van der Waals surface area contributed by atoms with E-state index in [4.69, 9.17) is 9.15 Å². The van der Waals surface area contributed by atoms with Crippen LogP contribution in [0, 0.1) is 0 Å². The molecule has 0 bridgehead atoms. The highest BCUT2D eigenvalue weighted by atomic mass is 32.2. The second kappa shape index (κ2) is 7.52. The van der Waals surface area contributed by atoms with Crippen LogP contribution in [-0.4, -0.2) is 27.6 Å². The number of ether oxygens (including phenoxy) is 1. The van der Waals surface area contributed by atoms with Gasteiger partial charge in [-0.3, -0.25) is 0 Å². The molecule has 1 aromatic heterocycles. The summed E-state index contributed by atoms with van der Waals surface area (Å²) in [5.41, 5.74) is -0.528. The molecule has 1 heterocycles. The van der Waals surface area contributed by atoms with Gasteiger partial charge in [0.15, 0.2) is 0 Å². The Morgan fingerprint density at radius 3 is 2.75 bits per heavy atom. The van der Waals surface area contributed by atoms with E-state index in [-0.39, 0.29) is 6.04 Å². The largest absolute Gasteiger partial charge is 0.444 e. The van der Waals surface area contributed by atoms with Crippen LogP contribution in [0.5, 0.6) is 0 Å². The average Bonchev–Trinajstić information content (AvgIpc) is 2.75. The highest BCUT2D eigenvalue weighted by Gasteiger charge is 2.21. The van der Waals surface area contributed by atoms with E-state index in [1.807, 2.05) is 20.8 Å². The maximum absolute atomic E-state index is 11.6. The lowest BCUT2D eigenvalue weighted by molar-refractivity contribution is 0.0500. The molecule has 6 nitrogen and oxygen atoms in total. The van der Waals surface area contributed by atoms with Gasteiger partial charge in [-0.15, -0.1) is 10.2 Å². The second-order valence-corrected chi connectivity index (χ2v) is 6.52. The van der Waals surface area contributed by atoms with Crippen LogP contribution >= 0.6 is 11.8 Å². The van der Waals surface area contributed by atoms with E-state index in [0.29, 0.717) is 11.1 Å². The number of nitrogens with one attached hydrogen (secondary N) is 1. The summed E-state index contributed by atoms with van der Waals surface area (Å²) in [5.74, 6) is 1.33. The zero-order chi connectivity index (χ0) is 15.2. The predicted octanol–water partition coefficient (Wildman–Crippen LogP) is 3.55. The predicted molar refractivity (Wildman–Crippen MR) is 77.7 cm³/mol. The number of carbonyl (C=O) groups excluding carboxylic acids is 1. The van der Waals surface area contributed by atoms with Gasteiger partial charge in [0.1, 0.15) is 11.6 Å². The van der Waals surface area contributed by atoms with E-state index in [9.17, 15) is 4.79 Å². The van der Waals surface area contributed by atoms with Crippen molar-refractivity contribution in [2.24, 2.45) is 0 Å². The average molecular weight is 301 g/mol. The van der Waals surface area contributed by atoms with E-state index < -0.39 is 11.7 Å². The number of carbonyl (C=O) groups is 1. The van der Waals surface area contributed by atoms with Gasteiger partial charge in [-0.1, -0.05) is 25.1 Å². The molecule has 1 amide bonds. The number of thioether (sulfide) groups is 1. The Morgan fingerprint density at radius 2 is 2.15 bits per heavy atom. The van der Waals surface area contributed by atoms with Gasteiger partial charge in [-0.25, -0.2) is 4.79 Å². The molecule has 1 rings (SSSR count). The summed E-state index contributed by atoms with van der Waals surface area (Å²) in [7, 11) is 0. The van der Waals surface area contributed by atoms with Crippen molar-refractivity contribution in [1.82, 2.24) is 15.5 Å². The molecule has 20 heavy (non-hydrogen) atoms. The van der Waals surface area contributed by atoms with Crippen LogP contribution in [0.3, 0.4) is 0 Å². The van der Waals surface area contributed by atoms with E-state index in [1.165, 1.54) is 11.8 Å². The molecule has 1 aromatic rings. The van der Waals surface area contributed by atoms with Gasteiger partial charge in [0, 0.05) is 5.75 Å². The first-order valence-corrected chi connectivity index (χ1v) is 7.76. The third-order valence-electron chi connectivity index (χ3n) is 2.25. The van der Waals surface area contributed by atoms with E-state index in [2.05, 4.69) is 22.4 Å². The third-order valence-corrected chi connectivity index (χ3v) is 3.15. The van der Waals surface area contributed by atoms with E-state index in [1.54, 1.807) is 6.92 Å². The molecule has 7 heteroatoms. The Bertz CT molecular complexity index is 429. The van der Waals surface area contributed by atoms with Crippen molar-refractivity contribution in [1.29, 1.82) is 0 Å². The van der Waals surface area contributed by atoms with Crippen molar-refractivity contribution in [2.75, 3.05) is 5.75 Å². The molecular formula is C13H23N3O3S. The highest BCUT2D eigenvalue weighted by Crippen LogP contribution is 2.20. The molecule has 0 radical (unpaired) electrons. The SMILES string of the molecule is CCCCSc1nnc([C@@H](C)NC(=O)OC(C)(C)C)o1. The monoisotopic (exact) mass is 301 g/mol. The molecule has 0 saturated carbocycles. The first-order valence-electron chi connectivity index (χ1n) is 6.77. The van der Waals surface area contributed by atoms with Gasteiger partial charge >= 0.3 is 6.09 Å². The zero-order valence-electron chi connectivity index (χ0n) is 12.7. The number of nitrogens with zero attached hydrogens (tertiary/aromatic N) is 2. The van der Waals surface area contributed by atoms with Crippen LogP contribution < -0.4 is 5.32 Å². The highest BCUT2D eigenvalue weighted by molar-refractivity contribution is 7.99. The summed E-state index contributed by atoms with van der Waals surface area (Å²) in [6.07, 6.45) is 1.74. The van der Waals surface area contributed by atoms with Crippen molar-refractivity contribution in [2.45, 2.75) is 64.3 Å². The minimum absolute atomic E-state index is 0.377. The van der Waals surface area contributed by atoms with Crippen molar-refractivity contribution < 1.29 is 13.9 Å². The Kier molecular flexibility index (Phi) is 6.32. The fourth-order valence-corrected chi connectivity index (χ4v) is 2.15. The first-order chi connectivity index (χ1) is 9.31. The fraction of sp³-hybridized carbons (Fsp3) is 0.769. The topological polar surface area (TPSA) is 77.2 Å². The number of amides is 1. The van der Waals surface area contributed by atoms with Crippen molar-refractivity contribution >= 4 is 17.9 Å². The van der Waals surface area contributed by atoms with Crippen molar-refractivity contribution in [3.05, 3.63) is 5.89 Å². The molecule has 0 fully saturated rings. The first kappa shape index (κ1) is 16.8. The van der Waals surface area contributed by atoms with Crippen LogP contribution in [0.1, 0.15) is 59.4 Å².